The molecule has 0 radical (unpaired) electrons. The zero-order valence-electron chi connectivity index (χ0n) is 33.6. The van der Waals surface area contributed by atoms with Gasteiger partial charge in [0.05, 0.1) is 38.5 Å². The van der Waals surface area contributed by atoms with Crippen LogP contribution in [0.2, 0.25) is 25.7 Å². The SMILES string of the molecule is COc1ccc(CN2C(=O)c3c(c(OCC[Si](C)(C)C)c4cc(Cc5ccc(F)cc5)cnc4c3OC(c3ccccc3)c3ccccc3)C2OC(C)=O)c(OC)c1. The van der Waals surface area contributed by atoms with Crippen LogP contribution >= 0.6 is 0 Å². The second-order valence-corrected chi connectivity index (χ2v) is 21.2. The fraction of sp³-hybridized carbons (Fsp3) is 0.255. The predicted octanol–water partition coefficient (Wildman–Crippen LogP) is 10.1. The van der Waals surface area contributed by atoms with E-state index in [1.807, 2.05) is 72.8 Å². The molecule has 1 amide bonds. The minimum absolute atomic E-state index is 0.0206. The molecule has 0 saturated heterocycles. The van der Waals surface area contributed by atoms with Gasteiger partial charge in [-0.05, 0) is 65.1 Å². The van der Waals surface area contributed by atoms with Crippen LogP contribution in [-0.4, -0.2) is 50.7 Å². The molecular weight excluding hydrogens is 752 g/mol. The third-order valence-corrected chi connectivity index (χ3v) is 11.8. The Morgan fingerprint density at radius 2 is 1.52 bits per heavy atom. The van der Waals surface area contributed by atoms with E-state index in [1.165, 1.54) is 24.0 Å². The summed E-state index contributed by atoms with van der Waals surface area (Å²) in [6.45, 7) is 8.50. The second-order valence-electron chi connectivity index (χ2n) is 15.5. The van der Waals surface area contributed by atoms with Gasteiger partial charge in [0.1, 0.15) is 34.7 Å². The molecule has 58 heavy (non-hydrogen) atoms. The molecule has 0 N–H and O–H groups in total. The zero-order valence-corrected chi connectivity index (χ0v) is 34.6. The van der Waals surface area contributed by atoms with Gasteiger partial charge in [-0.2, -0.15) is 0 Å². The van der Waals surface area contributed by atoms with Crippen molar-refractivity contribution in [2.24, 2.45) is 0 Å². The molecule has 6 aromatic rings. The van der Waals surface area contributed by atoms with E-state index in [4.69, 9.17) is 28.7 Å². The maximum atomic E-state index is 15.2. The van der Waals surface area contributed by atoms with Crippen LogP contribution in [0.15, 0.2) is 115 Å². The summed E-state index contributed by atoms with van der Waals surface area (Å²) in [5.41, 5.74) is 5.11. The van der Waals surface area contributed by atoms with E-state index in [-0.39, 0.29) is 23.7 Å². The van der Waals surface area contributed by atoms with Crippen LogP contribution in [0.3, 0.4) is 0 Å². The number of methoxy groups -OCH3 is 2. The molecule has 0 bridgehead atoms. The summed E-state index contributed by atoms with van der Waals surface area (Å²) in [7, 11) is 1.52. The fourth-order valence-corrected chi connectivity index (χ4v) is 7.90. The summed E-state index contributed by atoms with van der Waals surface area (Å²) in [5.74, 6) is 0.386. The molecular formula is C47H47FN2O7Si. The van der Waals surface area contributed by atoms with Crippen molar-refractivity contribution < 1.29 is 37.7 Å². The minimum Gasteiger partial charge on any atom is -0.497 e. The molecule has 9 nitrogen and oxygen atoms in total. The lowest BCUT2D eigenvalue weighted by Crippen LogP contribution is -2.30. The number of benzene rings is 5. The Bertz CT molecular complexity index is 2380. The van der Waals surface area contributed by atoms with Crippen LogP contribution in [0.4, 0.5) is 4.39 Å². The monoisotopic (exact) mass is 798 g/mol. The van der Waals surface area contributed by atoms with Crippen LogP contribution in [0.5, 0.6) is 23.0 Å². The van der Waals surface area contributed by atoms with Gasteiger partial charge in [0.25, 0.3) is 5.91 Å². The standard InChI is InChI=1S/C47H47FN2O7Si/c1-30(51)56-47-41-40(46(52)50(47)29-35-19-22-37(53-2)27-39(35)54-3)45(57-43(33-13-9-7-10-14-33)34-15-11-8-12-16-34)42-38(44(41)55-23-24-58(4,5)6)26-32(28-49-42)25-31-17-20-36(48)21-18-31/h7-22,26-28,43,47H,23-25,29H2,1-6H3. The normalized spacial score (nSPS) is 13.8. The molecule has 7 rings (SSSR count). The number of nitrogens with zero attached hydrogens (tertiary/aromatic N) is 2. The van der Waals surface area contributed by atoms with Crippen molar-refractivity contribution in [1.29, 1.82) is 0 Å². The van der Waals surface area contributed by atoms with E-state index < -0.39 is 32.3 Å². The van der Waals surface area contributed by atoms with E-state index in [0.29, 0.717) is 52.3 Å². The zero-order chi connectivity index (χ0) is 41.0. The number of fused-ring (bicyclic) bond motifs is 2. The van der Waals surface area contributed by atoms with E-state index in [0.717, 1.165) is 28.3 Å². The summed E-state index contributed by atoms with van der Waals surface area (Å²) in [6.07, 6.45) is 0.370. The Labute approximate surface area is 339 Å². The molecule has 1 aliphatic rings. The highest BCUT2D eigenvalue weighted by atomic mass is 28.3. The smallest absolute Gasteiger partial charge is 0.304 e. The van der Waals surface area contributed by atoms with Gasteiger partial charge in [-0.15, -0.1) is 0 Å². The van der Waals surface area contributed by atoms with Gasteiger partial charge in [-0.3, -0.25) is 19.5 Å². The maximum Gasteiger partial charge on any atom is 0.304 e. The van der Waals surface area contributed by atoms with E-state index >= 15 is 4.79 Å². The maximum absolute atomic E-state index is 15.2. The average molecular weight is 799 g/mol. The minimum atomic E-state index is -1.60. The molecule has 1 unspecified atom stereocenters. The number of hydrogen-bond acceptors (Lipinski definition) is 8. The summed E-state index contributed by atoms with van der Waals surface area (Å²) >= 11 is 0. The molecule has 1 aromatic heterocycles. The highest BCUT2D eigenvalue weighted by molar-refractivity contribution is 6.76. The number of ether oxygens (including phenoxy) is 5. The van der Waals surface area contributed by atoms with Gasteiger partial charge in [0.15, 0.2) is 5.75 Å². The summed E-state index contributed by atoms with van der Waals surface area (Å²) in [4.78, 5) is 34.8. The largest absolute Gasteiger partial charge is 0.497 e. The highest BCUT2D eigenvalue weighted by Crippen LogP contribution is 2.52. The number of carbonyl (C=O) groups is 2. The Balaban J connectivity index is 1.49. The second kappa shape index (κ2) is 17.1. The summed E-state index contributed by atoms with van der Waals surface area (Å²) < 4.78 is 45.2. The van der Waals surface area contributed by atoms with Crippen molar-refractivity contribution >= 4 is 30.9 Å². The predicted molar refractivity (Wildman–Crippen MR) is 224 cm³/mol. The molecule has 0 saturated carbocycles. The Kier molecular flexibility index (Phi) is 11.8. The van der Waals surface area contributed by atoms with Crippen molar-refractivity contribution in [3.05, 3.63) is 160 Å². The molecule has 298 valence electrons. The van der Waals surface area contributed by atoms with Gasteiger partial charge >= 0.3 is 5.97 Å². The van der Waals surface area contributed by atoms with Gasteiger partial charge in [-0.1, -0.05) is 92.4 Å². The van der Waals surface area contributed by atoms with Gasteiger partial charge in [0, 0.05) is 38.2 Å². The van der Waals surface area contributed by atoms with Crippen molar-refractivity contribution in [1.82, 2.24) is 9.88 Å². The number of hydrogen-bond donors (Lipinski definition) is 0. The molecule has 0 fully saturated rings. The Morgan fingerprint density at radius 1 is 0.845 bits per heavy atom. The van der Waals surface area contributed by atoms with E-state index in [2.05, 4.69) is 19.6 Å². The Hall–Kier alpha value is -6.20. The molecule has 11 heteroatoms. The van der Waals surface area contributed by atoms with Crippen molar-refractivity contribution in [2.75, 3.05) is 20.8 Å². The first kappa shape index (κ1) is 40.0. The number of halogens is 1. The summed E-state index contributed by atoms with van der Waals surface area (Å²) in [5, 5.41) is 0.595. The van der Waals surface area contributed by atoms with Crippen molar-refractivity contribution in [2.45, 2.75) is 57.9 Å². The number of amides is 1. The van der Waals surface area contributed by atoms with E-state index in [9.17, 15) is 9.18 Å². The topological polar surface area (TPSA) is 96.4 Å². The molecule has 5 aromatic carbocycles. The first-order valence-electron chi connectivity index (χ1n) is 19.3. The van der Waals surface area contributed by atoms with Crippen molar-refractivity contribution in [3.63, 3.8) is 0 Å². The molecule has 1 atom stereocenters. The molecule has 0 aliphatic carbocycles. The summed E-state index contributed by atoms with van der Waals surface area (Å²) in [6, 6.07) is 34.1. The van der Waals surface area contributed by atoms with E-state index in [1.54, 1.807) is 44.7 Å². The number of carbonyl (C=O) groups excluding carboxylic acids is 2. The third kappa shape index (κ3) is 8.69. The van der Waals surface area contributed by atoms with Gasteiger partial charge in [-0.25, -0.2) is 4.39 Å². The lowest BCUT2D eigenvalue weighted by Gasteiger charge is -2.27. The van der Waals surface area contributed by atoms with Gasteiger partial charge in [0.2, 0.25) is 6.23 Å². The van der Waals surface area contributed by atoms with Gasteiger partial charge < -0.3 is 23.7 Å². The first-order chi connectivity index (χ1) is 27.9. The lowest BCUT2D eigenvalue weighted by molar-refractivity contribution is -0.154. The van der Waals surface area contributed by atoms with Crippen molar-refractivity contribution in [3.8, 4) is 23.0 Å². The number of esters is 1. The highest BCUT2D eigenvalue weighted by Gasteiger charge is 2.46. The molecule has 2 heterocycles. The van der Waals surface area contributed by atoms with Crippen LogP contribution in [-0.2, 0) is 22.5 Å². The number of rotatable bonds is 15. The first-order valence-corrected chi connectivity index (χ1v) is 23.0. The third-order valence-electron chi connectivity index (χ3n) is 10.1. The van der Waals surface area contributed by atoms with Crippen LogP contribution in [0.1, 0.15) is 63.0 Å². The molecule has 1 aliphatic heterocycles. The Morgan fingerprint density at radius 3 is 2.12 bits per heavy atom. The van der Waals surface area contributed by atoms with Crippen LogP contribution < -0.4 is 18.9 Å². The molecule has 0 spiro atoms. The average Bonchev–Trinajstić information content (AvgIpc) is 3.47. The number of pyridine rings is 1. The van der Waals surface area contributed by atoms with Crippen LogP contribution in [0, 0.1) is 5.82 Å². The fourth-order valence-electron chi connectivity index (χ4n) is 7.18. The van der Waals surface area contributed by atoms with Crippen LogP contribution in [0.25, 0.3) is 10.9 Å². The number of aromatic nitrogens is 1. The quantitative estimate of drug-likeness (QED) is 0.0749. The lowest BCUT2D eigenvalue weighted by atomic mass is 9.97.